The zero-order valence-corrected chi connectivity index (χ0v) is 10.4. The second kappa shape index (κ2) is 5.27. The highest BCUT2D eigenvalue weighted by atomic mass is 19.2. The van der Waals surface area contributed by atoms with E-state index < -0.39 is 11.6 Å². The zero-order chi connectivity index (χ0) is 13.1. The highest BCUT2D eigenvalue weighted by molar-refractivity contribution is 5.19. The standard InChI is InChI=1S/C13H15F2N3/c1-17(7-10-6-16-18(2)8-10)9-11-4-3-5-12(14)13(11)15/h3-6,8H,7,9H2,1-2H3. The highest BCUT2D eigenvalue weighted by Gasteiger charge is 2.10. The molecular weight excluding hydrogens is 236 g/mol. The monoisotopic (exact) mass is 251 g/mol. The minimum atomic E-state index is -0.803. The van der Waals surface area contributed by atoms with Gasteiger partial charge in [0.25, 0.3) is 0 Å². The molecule has 0 bridgehead atoms. The summed E-state index contributed by atoms with van der Waals surface area (Å²) in [5, 5.41) is 4.06. The first kappa shape index (κ1) is 12.7. The van der Waals surface area contributed by atoms with Crippen LogP contribution in [0.5, 0.6) is 0 Å². The molecule has 0 amide bonds. The fraction of sp³-hybridized carbons (Fsp3) is 0.308. The Hall–Kier alpha value is -1.75. The van der Waals surface area contributed by atoms with Gasteiger partial charge in [0, 0.05) is 37.5 Å². The van der Waals surface area contributed by atoms with E-state index in [0.29, 0.717) is 18.7 Å². The number of hydrogen-bond donors (Lipinski definition) is 0. The number of hydrogen-bond acceptors (Lipinski definition) is 2. The minimum Gasteiger partial charge on any atom is -0.298 e. The van der Waals surface area contributed by atoms with E-state index in [1.807, 2.05) is 25.2 Å². The summed E-state index contributed by atoms with van der Waals surface area (Å²) < 4.78 is 28.3. The zero-order valence-electron chi connectivity index (χ0n) is 10.4. The molecule has 2 aromatic rings. The first-order valence-corrected chi connectivity index (χ1v) is 5.65. The lowest BCUT2D eigenvalue weighted by Crippen LogP contribution is -2.18. The third-order valence-electron chi connectivity index (χ3n) is 2.68. The van der Waals surface area contributed by atoms with E-state index in [-0.39, 0.29) is 0 Å². The van der Waals surface area contributed by atoms with Gasteiger partial charge in [-0.25, -0.2) is 8.78 Å². The summed E-state index contributed by atoms with van der Waals surface area (Å²) in [6.07, 6.45) is 3.66. The lowest BCUT2D eigenvalue weighted by atomic mass is 10.2. The van der Waals surface area contributed by atoms with E-state index in [2.05, 4.69) is 5.10 Å². The van der Waals surface area contributed by atoms with Crippen molar-refractivity contribution in [2.45, 2.75) is 13.1 Å². The van der Waals surface area contributed by atoms with Crippen LogP contribution < -0.4 is 0 Å². The lowest BCUT2D eigenvalue weighted by molar-refractivity contribution is 0.311. The Morgan fingerprint density at radius 2 is 2.06 bits per heavy atom. The SMILES string of the molecule is CN(Cc1cnn(C)c1)Cc1cccc(F)c1F. The molecule has 5 heteroatoms. The fourth-order valence-corrected chi connectivity index (χ4v) is 1.88. The molecular formula is C13H15F2N3. The second-order valence-corrected chi connectivity index (χ2v) is 4.41. The summed E-state index contributed by atoms with van der Waals surface area (Å²) in [6.45, 7) is 1.00. The molecule has 1 aromatic heterocycles. The van der Waals surface area contributed by atoms with Crippen LogP contribution in [0.3, 0.4) is 0 Å². The van der Waals surface area contributed by atoms with Crippen molar-refractivity contribution < 1.29 is 8.78 Å². The van der Waals surface area contributed by atoms with E-state index >= 15 is 0 Å². The molecule has 0 atom stereocenters. The summed E-state index contributed by atoms with van der Waals surface area (Å²) in [6, 6.07) is 4.24. The summed E-state index contributed by atoms with van der Waals surface area (Å²) in [5.74, 6) is -1.57. The maximum absolute atomic E-state index is 13.5. The fourth-order valence-electron chi connectivity index (χ4n) is 1.88. The summed E-state index contributed by atoms with van der Waals surface area (Å²) in [7, 11) is 3.70. The molecule has 0 radical (unpaired) electrons. The number of aromatic nitrogens is 2. The first-order valence-electron chi connectivity index (χ1n) is 5.65. The molecule has 0 aliphatic carbocycles. The topological polar surface area (TPSA) is 21.1 Å². The molecule has 18 heavy (non-hydrogen) atoms. The van der Waals surface area contributed by atoms with E-state index in [1.54, 1.807) is 16.9 Å². The van der Waals surface area contributed by atoms with Crippen LogP contribution in [0, 0.1) is 11.6 Å². The van der Waals surface area contributed by atoms with Crippen molar-refractivity contribution in [2.24, 2.45) is 7.05 Å². The molecule has 0 saturated heterocycles. The minimum absolute atomic E-state index is 0.360. The third kappa shape index (κ3) is 2.92. The summed E-state index contributed by atoms with van der Waals surface area (Å²) in [5.41, 5.74) is 1.40. The third-order valence-corrected chi connectivity index (χ3v) is 2.68. The number of halogens is 2. The van der Waals surface area contributed by atoms with Crippen LogP contribution in [0.25, 0.3) is 0 Å². The molecule has 96 valence electrons. The Morgan fingerprint density at radius 1 is 1.28 bits per heavy atom. The molecule has 0 N–H and O–H groups in total. The van der Waals surface area contributed by atoms with Crippen LogP contribution in [-0.4, -0.2) is 21.7 Å². The predicted molar refractivity (Wildman–Crippen MR) is 64.7 cm³/mol. The number of rotatable bonds is 4. The van der Waals surface area contributed by atoms with Gasteiger partial charge in [-0.2, -0.15) is 5.10 Å². The number of aryl methyl sites for hydroxylation is 1. The van der Waals surface area contributed by atoms with Gasteiger partial charge in [0.15, 0.2) is 11.6 Å². The van der Waals surface area contributed by atoms with Crippen LogP contribution in [0.4, 0.5) is 8.78 Å². The van der Waals surface area contributed by atoms with Crippen molar-refractivity contribution in [3.05, 3.63) is 53.4 Å². The van der Waals surface area contributed by atoms with Crippen molar-refractivity contribution in [3.8, 4) is 0 Å². The molecule has 2 rings (SSSR count). The maximum Gasteiger partial charge on any atom is 0.163 e. The molecule has 0 aliphatic heterocycles. The lowest BCUT2D eigenvalue weighted by Gasteiger charge is -2.16. The average molecular weight is 251 g/mol. The molecule has 3 nitrogen and oxygen atoms in total. The van der Waals surface area contributed by atoms with Gasteiger partial charge in [-0.05, 0) is 13.1 Å². The molecule has 0 unspecified atom stereocenters. The van der Waals surface area contributed by atoms with Gasteiger partial charge in [0.1, 0.15) is 0 Å². The van der Waals surface area contributed by atoms with Crippen LogP contribution >= 0.6 is 0 Å². The molecule has 0 aliphatic rings. The van der Waals surface area contributed by atoms with Gasteiger partial charge >= 0.3 is 0 Å². The Morgan fingerprint density at radius 3 is 2.72 bits per heavy atom. The number of benzene rings is 1. The van der Waals surface area contributed by atoms with E-state index in [0.717, 1.165) is 11.6 Å². The molecule has 0 spiro atoms. The van der Waals surface area contributed by atoms with Gasteiger partial charge in [0.05, 0.1) is 6.20 Å². The van der Waals surface area contributed by atoms with Gasteiger partial charge in [0.2, 0.25) is 0 Å². The second-order valence-electron chi connectivity index (χ2n) is 4.41. The van der Waals surface area contributed by atoms with Crippen molar-refractivity contribution in [2.75, 3.05) is 7.05 Å². The normalized spacial score (nSPS) is 11.2. The Kier molecular flexibility index (Phi) is 3.72. The molecule has 1 aromatic carbocycles. The largest absolute Gasteiger partial charge is 0.298 e. The molecule has 0 fully saturated rings. The van der Waals surface area contributed by atoms with Gasteiger partial charge in [-0.15, -0.1) is 0 Å². The van der Waals surface area contributed by atoms with Crippen molar-refractivity contribution >= 4 is 0 Å². The van der Waals surface area contributed by atoms with Crippen molar-refractivity contribution in [3.63, 3.8) is 0 Å². The highest BCUT2D eigenvalue weighted by Crippen LogP contribution is 2.14. The van der Waals surface area contributed by atoms with Crippen molar-refractivity contribution in [1.29, 1.82) is 0 Å². The summed E-state index contributed by atoms with van der Waals surface area (Å²) >= 11 is 0. The smallest absolute Gasteiger partial charge is 0.163 e. The summed E-state index contributed by atoms with van der Waals surface area (Å²) in [4.78, 5) is 1.91. The Balaban J connectivity index is 2.03. The number of nitrogens with zero attached hydrogens (tertiary/aromatic N) is 3. The predicted octanol–water partition coefficient (Wildman–Crippen LogP) is 2.33. The average Bonchev–Trinajstić information content (AvgIpc) is 2.70. The van der Waals surface area contributed by atoms with Gasteiger partial charge < -0.3 is 0 Å². The molecule has 1 heterocycles. The van der Waals surface area contributed by atoms with E-state index in [4.69, 9.17) is 0 Å². The molecule has 0 saturated carbocycles. The first-order chi connectivity index (χ1) is 8.56. The van der Waals surface area contributed by atoms with Crippen LogP contribution in [-0.2, 0) is 20.1 Å². The van der Waals surface area contributed by atoms with Crippen LogP contribution in [0.1, 0.15) is 11.1 Å². The van der Waals surface area contributed by atoms with Crippen LogP contribution in [0.15, 0.2) is 30.6 Å². The van der Waals surface area contributed by atoms with Gasteiger partial charge in [-0.3, -0.25) is 9.58 Å². The van der Waals surface area contributed by atoms with Gasteiger partial charge in [-0.1, -0.05) is 12.1 Å². The maximum atomic E-state index is 13.5. The van der Waals surface area contributed by atoms with E-state index in [9.17, 15) is 8.78 Å². The Bertz CT molecular complexity index is 537. The quantitative estimate of drug-likeness (QED) is 0.831. The van der Waals surface area contributed by atoms with E-state index in [1.165, 1.54) is 6.07 Å². The van der Waals surface area contributed by atoms with Crippen LogP contribution in [0.2, 0.25) is 0 Å². The Labute approximate surface area is 105 Å². The van der Waals surface area contributed by atoms with Crippen molar-refractivity contribution in [1.82, 2.24) is 14.7 Å².